The van der Waals surface area contributed by atoms with E-state index in [-0.39, 0.29) is 11.1 Å². The maximum atomic E-state index is 12.5. The molecule has 0 spiro atoms. The molecule has 4 rings (SSSR count). The SMILES string of the molecule is NCc1ccc(Oc2ccc3c(c2)S(=O)(=O)NC2CCCN32)cc1. The Hall–Kier alpha value is -2.09. The third kappa shape index (κ3) is 2.64. The van der Waals surface area contributed by atoms with E-state index in [1.54, 1.807) is 6.07 Å². The molecule has 2 heterocycles. The van der Waals surface area contributed by atoms with Crippen molar-refractivity contribution in [3.63, 3.8) is 0 Å². The number of sulfonamides is 1. The summed E-state index contributed by atoms with van der Waals surface area (Å²) in [6.07, 6.45) is 1.70. The molecule has 0 bridgehead atoms. The summed E-state index contributed by atoms with van der Waals surface area (Å²) in [6, 6.07) is 12.7. The summed E-state index contributed by atoms with van der Waals surface area (Å²) in [4.78, 5) is 2.38. The van der Waals surface area contributed by atoms with Crippen molar-refractivity contribution in [2.45, 2.75) is 30.4 Å². The lowest BCUT2D eigenvalue weighted by molar-refractivity contribution is 0.478. The minimum Gasteiger partial charge on any atom is -0.457 e. The number of ether oxygens (including phenoxy) is 1. The molecule has 0 aliphatic carbocycles. The molecule has 2 aromatic carbocycles. The quantitative estimate of drug-likeness (QED) is 0.890. The molecule has 2 aliphatic heterocycles. The summed E-state index contributed by atoms with van der Waals surface area (Å²) in [5, 5.41) is 0. The molecule has 1 unspecified atom stereocenters. The molecule has 3 N–H and O–H groups in total. The van der Waals surface area contributed by atoms with Crippen LogP contribution in [0.1, 0.15) is 18.4 Å². The number of fused-ring (bicyclic) bond motifs is 3. The highest BCUT2D eigenvalue weighted by atomic mass is 32.2. The van der Waals surface area contributed by atoms with E-state index in [2.05, 4.69) is 9.62 Å². The molecule has 1 atom stereocenters. The van der Waals surface area contributed by atoms with Crippen molar-refractivity contribution >= 4 is 15.7 Å². The molecule has 2 aromatic rings. The van der Waals surface area contributed by atoms with Crippen molar-refractivity contribution in [2.24, 2.45) is 5.73 Å². The zero-order valence-corrected chi connectivity index (χ0v) is 13.9. The lowest BCUT2D eigenvalue weighted by atomic mass is 10.2. The standard InChI is InChI=1S/C17H19N3O3S/c18-11-12-3-5-13(6-4-12)23-14-7-8-15-16(10-14)24(21,22)19-17-2-1-9-20(15)17/h3-8,10,17,19H,1-2,9,11,18H2. The molecule has 2 aliphatic rings. The average Bonchev–Trinajstić information content (AvgIpc) is 3.03. The van der Waals surface area contributed by atoms with Crippen LogP contribution < -0.4 is 20.1 Å². The smallest absolute Gasteiger partial charge is 0.244 e. The second-order valence-corrected chi connectivity index (χ2v) is 7.73. The van der Waals surface area contributed by atoms with Gasteiger partial charge in [0, 0.05) is 19.2 Å². The van der Waals surface area contributed by atoms with Crippen molar-refractivity contribution in [2.75, 3.05) is 11.4 Å². The van der Waals surface area contributed by atoms with Gasteiger partial charge in [-0.25, -0.2) is 8.42 Å². The molecular weight excluding hydrogens is 326 g/mol. The van der Waals surface area contributed by atoms with Gasteiger partial charge in [-0.05, 0) is 42.7 Å². The summed E-state index contributed by atoms with van der Waals surface area (Å²) in [5.41, 5.74) is 7.35. The van der Waals surface area contributed by atoms with Crippen molar-refractivity contribution in [3.05, 3.63) is 48.0 Å². The Morgan fingerprint density at radius 3 is 2.67 bits per heavy atom. The van der Waals surface area contributed by atoms with E-state index in [4.69, 9.17) is 10.5 Å². The number of nitrogens with two attached hydrogens (primary N) is 1. The molecule has 0 aromatic heterocycles. The van der Waals surface area contributed by atoms with Crippen LogP contribution in [-0.4, -0.2) is 21.1 Å². The Bertz CT molecular complexity index is 865. The van der Waals surface area contributed by atoms with Gasteiger partial charge in [-0.15, -0.1) is 0 Å². The maximum absolute atomic E-state index is 12.5. The van der Waals surface area contributed by atoms with Gasteiger partial charge in [0.2, 0.25) is 10.0 Å². The molecule has 0 saturated carbocycles. The van der Waals surface area contributed by atoms with E-state index in [0.29, 0.717) is 18.0 Å². The van der Waals surface area contributed by atoms with Crippen LogP contribution in [0, 0.1) is 0 Å². The van der Waals surface area contributed by atoms with Crippen LogP contribution in [0.25, 0.3) is 0 Å². The van der Waals surface area contributed by atoms with Crippen LogP contribution in [0.4, 0.5) is 5.69 Å². The van der Waals surface area contributed by atoms with Crippen LogP contribution >= 0.6 is 0 Å². The summed E-state index contributed by atoms with van der Waals surface area (Å²) < 4.78 is 33.5. The van der Waals surface area contributed by atoms with Gasteiger partial charge >= 0.3 is 0 Å². The summed E-state index contributed by atoms with van der Waals surface area (Å²) in [5.74, 6) is 1.14. The van der Waals surface area contributed by atoms with Crippen LogP contribution in [0.5, 0.6) is 11.5 Å². The molecular formula is C17H19N3O3S. The highest BCUT2D eigenvalue weighted by Crippen LogP contribution is 2.38. The predicted molar refractivity (Wildman–Crippen MR) is 91.5 cm³/mol. The third-order valence-corrected chi connectivity index (χ3v) is 5.96. The van der Waals surface area contributed by atoms with Gasteiger partial charge in [0.1, 0.15) is 16.4 Å². The monoisotopic (exact) mass is 345 g/mol. The Morgan fingerprint density at radius 2 is 1.92 bits per heavy atom. The van der Waals surface area contributed by atoms with E-state index in [0.717, 1.165) is 30.6 Å². The van der Waals surface area contributed by atoms with Crippen molar-refractivity contribution in [3.8, 4) is 11.5 Å². The first kappa shape index (κ1) is 15.4. The van der Waals surface area contributed by atoms with Crippen molar-refractivity contribution in [1.82, 2.24) is 4.72 Å². The minimum atomic E-state index is -3.51. The van der Waals surface area contributed by atoms with Gasteiger partial charge in [0.05, 0.1) is 11.9 Å². The molecule has 7 heteroatoms. The van der Waals surface area contributed by atoms with Gasteiger partial charge in [-0.1, -0.05) is 12.1 Å². The fourth-order valence-corrected chi connectivity index (χ4v) is 4.72. The number of hydrogen-bond acceptors (Lipinski definition) is 5. The lowest BCUT2D eigenvalue weighted by Gasteiger charge is -2.33. The Balaban J connectivity index is 1.67. The van der Waals surface area contributed by atoms with Crippen LogP contribution in [0.15, 0.2) is 47.4 Å². The fraction of sp³-hybridized carbons (Fsp3) is 0.294. The van der Waals surface area contributed by atoms with Gasteiger partial charge < -0.3 is 15.4 Å². The Morgan fingerprint density at radius 1 is 1.17 bits per heavy atom. The Kier molecular flexibility index (Phi) is 3.71. The summed E-state index contributed by atoms with van der Waals surface area (Å²) >= 11 is 0. The van der Waals surface area contributed by atoms with Crippen LogP contribution in [-0.2, 0) is 16.6 Å². The van der Waals surface area contributed by atoms with E-state index in [1.165, 1.54) is 0 Å². The number of anilines is 1. The summed E-state index contributed by atoms with van der Waals surface area (Å²) in [6.45, 7) is 1.33. The van der Waals surface area contributed by atoms with Gasteiger partial charge in [0.15, 0.2) is 0 Å². The van der Waals surface area contributed by atoms with E-state index < -0.39 is 10.0 Å². The molecule has 0 amide bonds. The maximum Gasteiger partial charge on any atom is 0.244 e. The normalized spacial score (nSPS) is 21.2. The van der Waals surface area contributed by atoms with Gasteiger partial charge in [0.25, 0.3) is 0 Å². The summed E-state index contributed by atoms with van der Waals surface area (Å²) in [7, 11) is -3.51. The third-order valence-electron chi connectivity index (χ3n) is 4.47. The molecule has 0 radical (unpaired) electrons. The molecule has 1 saturated heterocycles. The largest absolute Gasteiger partial charge is 0.457 e. The van der Waals surface area contributed by atoms with Crippen molar-refractivity contribution < 1.29 is 13.2 Å². The fourth-order valence-electron chi connectivity index (χ4n) is 3.26. The van der Waals surface area contributed by atoms with E-state index in [1.807, 2.05) is 36.4 Å². The number of nitrogens with zero attached hydrogens (tertiary/aromatic N) is 1. The zero-order chi connectivity index (χ0) is 16.7. The second-order valence-electron chi connectivity index (χ2n) is 6.05. The Labute approximate surface area is 141 Å². The minimum absolute atomic E-state index is 0.127. The highest BCUT2D eigenvalue weighted by molar-refractivity contribution is 7.89. The lowest BCUT2D eigenvalue weighted by Crippen LogP contribution is -2.48. The molecule has 6 nitrogen and oxygen atoms in total. The van der Waals surface area contributed by atoms with E-state index >= 15 is 0 Å². The second kappa shape index (κ2) is 5.77. The van der Waals surface area contributed by atoms with E-state index in [9.17, 15) is 8.42 Å². The van der Waals surface area contributed by atoms with Crippen LogP contribution in [0.3, 0.4) is 0 Å². The zero-order valence-electron chi connectivity index (χ0n) is 13.1. The predicted octanol–water partition coefficient (Wildman–Crippen LogP) is 2.16. The number of rotatable bonds is 3. The first-order valence-electron chi connectivity index (χ1n) is 7.97. The molecule has 1 fully saturated rings. The number of benzene rings is 2. The first-order chi connectivity index (χ1) is 11.6. The average molecular weight is 345 g/mol. The number of hydrogen-bond donors (Lipinski definition) is 2. The van der Waals surface area contributed by atoms with Gasteiger partial charge in [-0.2, -0.15) is 4.72 Å². The number of nitrogens with one attached hydrogen (secondary N) is 1. The highest BCUT2D eigenvalue weighted by Gasteiger charge is 2.37. The molecule has 24 heavy (non-hydrogen) atoms. The van der Waals surface area contributed by atoms with Gasteiger partial charge in [-0.3, -0.25) is 0 Å². The first-order valence-corrected chi connectivity index (χ1v) is 9.45. The van der Waals surface area contributed by atoms with Crippen molar-refractivity contribution in [1.29, 1.82) is 0 Å². The van der Waals surface area contributed by atoms with Crippen LogP contribution in [0.2, 0.25) is 0 Å². The topological polar surface area (TPSA) is 84.7 Å². The molecule has 126 valence electrons.